The largest absolute Gasteiger partial charge is 0.487 e. The van der Waals surface area contributed by atoms with Gasteiger partial charge in [-0.05, 0) is 37.5 Å². The second-order valence-corrected chi connectivity index (χ2v) is 5.69. The minimum Gasteiger partial charge on any atom is -0.487 e. The molecule has 0 aromatic heterocycles. The minimum atomic E-state index is -0.242. The standard InChI is InChI=1S/C14H18FNO/c1-14(7-9-2-3-9)8-12(16)11-6-10(15)4-5-13(11)17-14/h4-6,9,12H,2-3,7-8,16H2,1H3. The van der Waals surface area contributed by atoms with Crippen molar-refractivity contribution in [2.45, 2.75) is 44.2 Å². The number of halogens is 1. The number of nitrogens with two attached hydrogens (primary N) is 1. The molecule has 1 saturated carbocycles. The molecule has 2 unspecified atom stereocenters. The zero-order valence-corrected chi connectivity index (χ0v) is 10.1. The van der Waals surface area contributed by atoms with Gasteiger partial charge in [0, 0.05) is 18.0 Å². The fourth-order valence-electron chi connectivity index (χ4n) is 2.84. The molecule has 2 aliphatic rings. The predicted octanol–water partition coefficient (Wildman–Crippen LogP) is 3.17. The van der Waals surface area contributed by atoms with Crippen molar-refractivity contribution in [1.82, 2.24) is 0 Å². The summed E-state index contributed by atoms with van der Waals surface area (Å²) in [5, 5.41) is 0. The summed E-state index contributed by atoms with van der Waals surface area (Å²) in [6, 6.07) is 4.53. The number of fused-ring (bicyclic) bond motifs is 1. The van der Waals surface area contributed by atoms with Crippen LogP contribution in [0, 0.1) is 11.7 Å². The summed E-state index contributed by atoms with van der Waals surface area (Å²) < 4.78 is 19.2. The summed E-state index contributed by atoms with van der Waals surface area (Å²) in [6.45, 7) is 2.12. The van der Waals surface area contributed by atoms with E-state index in [4.69, 9.17) is 10.5 Å². The summed E-state index contributed by atoms with van der Waals surface area (Å²) >= 11 is 0. The van der Waals surface area contributed by atoms with Gasteiger partial charge < -0.3 is 10.5 Å². The molecule has 3 rings (SSSR count). The zero-order valence-electron chi connectivity index (χ0n) is 10.1. The molecule has 0 saturated heterocycles. The van der Waals surface area contributed by atoms with Gasteiger partial charge in [0.2, 0.25) is 0 Å². The summed E-state index contributed by atoms with van der Waals surface area (Å²) in [5.41, 5.74) is 6.77. The number of rotatable bonds is 2. The van der Waals surface area contributed by atoms with Crippen LogP contribution in [0.5, 0.6) is 5.75 Å². The van der Waals surface area contributed by atoms with Crippen LogP contribution in [0.25, 0.3) is 0 Å². The zero-order chi connectivity index (χ0) is 12.0. The third-order valence-corrected chi connectivity index (χ3v) is 3.80. The first-order valence-electron chi connectivity index (χ1n) is 6.30. The summed E-state index contributed by atoms with van der Waals surface area (Å²) in [5.74, 6) is 1.32. The first kappa shape index (κ1) is 11.0. The monoisotopic (exact) mass is 235 g/mol. The van der Waals surface area contributed by atoms with Crippen LogP contribution in [0.1, 0.15) is 44.2 Å². The molecule has 2 N–H and O–H groups in total. The third-order valence-electron chi connectivity index (χ3n) is 3.80. The van der Waals surface area contributed by atoms with Crippen LogP contribution in [0.2, 0.25) is 0 Å². The molecule has 0 amide bonds. The molecule has 1 aliphatic heterocycles. The lowest BCUT2D eigenvalue weighted by Crippen LogP contribution is -2.40. The first-order valence-corrected chi connectivity index (χ1v) is 6.30. The average Bonchev–Trinajstić information content (AvgIpc) is 3.03. The molecule has 1 aromatic rings. The Morgan fingerprint density at radius 1 is 1.47 bits per heavy atom. The Balaban J connectivity index is 1.88. The number of benzene rings is 1. The molecule has 2 nitrogen and oxygen atoms in total. The Labute approximate surface area is 101 Å². The highest BCUT2D eigenvalue weighted by Crippen LogP contribution is 2.45. The molecule has 3 heteroatoms. The van der Waals surface area contributed by atoms with Gasteiger partial charge in [-0.15, -0.1) is 0 Å². The van der Waals surface area contributed by atoms with E-state index in [0.29, 0.717) is 0 Å². The molecule has 0 spiro atoms. The Morgan fingerprint density at radius 2 is 2.24 bits per heavy atom. The van der Waals surface area contributed by atoms with Gasteiger partial charge in [0.1, 0.15) is 17.2 Å². The van der Waals surface area contributed by atoms with Crippen LogP contribution in [-0.4, -0.2) is 5.60 Å². The van der Waals surface area contributed by atoms with Crippen LogP contribution in [0.3, 0.4) is 0 Å². The van der Waals surface area contributed by atoms with E-state index in [-0.39, 0.29) is 17.5 Å². The number of ether oxygens (including phenoxy) is 1. The van der Waals surface area contributed by atoms with E-state index >= 15 is 0 Å². The van der Waals surface area contributed by atoms with E-state index in [2.05, 4.69) is 6.92 Å². The Hall–Kier alpha value is -1.09. The van der Waals surface area contributed by atoms with Crippen LogP contribution < -0.4 is 10.5 Å². The van der Waals surface area contributed by atoms with Gasteiger partial charge in [0.15, 0.2) is 0 Å². The van der Waals surface area contributed by atoms with Crippen molar-refractivity contribution < 1.29 is 9.13 Å². The van der Waals surface area contributed by atoms with E-state index in [9.17, 15) is 4.39 Å². The van der Waals surface area contributed by atoms with E-state index in [1.165, 1.54) is 25.0 Å². The first-order chi connectivity index (χ1) is 8.06. The maximum absolute atomic E-state index is 13.2. The average molecular weight is 235 g/mol. The van der Waals surface area contributed by atoms with E-state index in [1.54, 1.807) is 6.07 Å². The Bertz CT molecular complexity index is 444. The maximum atomic E-state index is 13.2. The highest BCUT2D eigenvalue weighted by molar-refractivity contribution is 5.39. The third kappa shape index (κ3) is 2.16. The summed E-state index contributed by atoms with van der Waals surface area (Å²) in [7, 11) is 0. The molecule has 2 atom stereocenters. The van der Waals surface area contributed by atoms with Crippen molar-refractivity contribution in [3.05, 3.63) is 29.6 Å². The molecular formula is C14H18FNO. The van der Waals surface area contributed by atoms with Crippen molar-refractivity contribution in [3.63, 3.8) is 0 Å². The smallest absolute Gasteiger partial charge is 0.125 e. The van der Waals surface area contributed by atoms with Crippen molar-refractivity contribution in [1.29, 1.82) is 0 Å². The molecule has 1 heterocycles. The summed E-state index contributed by atoms with van der Waals surface area (Å²) in [4.78, 5) is 0. The molecular weight excluding hydrogens is 217 g/mol. The number of hydrogen-bond acceptors (Lipinski definition) is 2. The lowest BCUT2D eigenvalue weighted by molar-refractivity contribution is 0.0400. The highest BCUT2D eigenvalue weighted by atomic mass is 19.1. The number of hydrogen-bond donors (Lipinski definition) is 1. The Kier molecular flexibility index (Phi) is 2.40. The van der Waals surface area contributed by atoms with Crippen molar-refractivity contribution in [2.75, 3.05) is 0 Å². The van der Waals surface area contributed by atoms with E-state index in [1.807, 2.05) is 0 Å². The fraction of sp³-hybridized carbons (Fsp3) is 0.571. The Morgan fingerprint density at radius 3 is 2.94 bits per heavy atom. The van der Waals surface area contributed by atoms with Crippen molar-refractivity contribution >= 4 is 0 Å². The fourth-order valence-corrected chi connectivity index (χ4v) is 2.84. The van der Waals surface area contributed by atoms with E-state index in [0.717, 1.165) is 30.1 Å². The molecule has 1 aliphatic carbocycles. The molecule has 92 valence electrons. The molecule has 17 heavy (non-hydrogen) atoms. The SMILES string of the molecule is CC1(CC2CC2)CC(N)c2cc(F)ccc2O1. The molecule has 0 radical (unpaired) electrons. The minimum absolute atomic E-state index is 0.113. The normalized spacial score (nSPS) is 31.8. The van der Waals surface area contributed by atoms with Gasteiger partial charge in [-0.25, -0.2) is 4.39 Å². The molecule has 0 bridgehead atoms. The van der Waals surface area contributed by atoms with Gasteiger partial charge in [-0.1, -0.05) is 12.8 Å². The highest BCUT2D eigenvalue weighted by Gasteiger charge is 2.40. The van der Waals surface area contributed by atoms with Crippen molar-refractivity contribution in [2.24, 2.45) is 11.7 Å². The van der Waals surface area contributed by atoms with Gasteiger partial charge in [0.25, 0.3) is 0 Å². The lowest BCUT2D eigenvalue weighted by Gasteiger charge is -2.39. The van der Waals surface area contributed by atoms with Crippen molar-refractivity contribution in [3.8, 4) is 5.75 Å². The predicted molar refractivity (Wildman–Crippen MR) is 64.3 cm³/mol. The second-order valence-electron chi connectivity index (χ2n) is 5.69. The quantitative estimate of drug-likeness (QED) is 0.854. The summed E-state index contributed by atoms with van der Waals surface area (Å²) in [6.07, 6.45) is 4.46. The van der Waals surface area contributed by atoms with E-state index < -0.39 is 0 Å². The van der Waals surface area contributed by atoms with Crippen LogP contribution in [-0.2, 0) is 0 Å². The lowest BCUT2D eigenvalue weighted by atomic mass is 9.85. The second kappa shape index (κ2) is 3.70. The van der Waals surface area contributed by atoms with Crippen LogP contribution >= 0.6 is 0 Å². The van der Waals surface area contributed by atoms with Gasteiger partial charge in [0.05, 0.1) is 0 Å². The van der Waals surface area contributed by atoms with Gasteiger partial charge >= 0.3 is 0 Å². The van der Waals surface area contributed by atoms with Crippen LogP contribution in [0.15, 0.2) is 18.2 Å². The van der Waals surface area contributed by atoms with Gasteiger partial charge in [-0.2, -0.15) is 0 Å². The maximum Gasteiger partial charge on any atom is 0.125 e. The van der Waals surface area contributed by atoms with Crippen LogP contribution in [0.4, 0.5) is 4.39 Å². The molecule has 1 aromatic carbocycles. The van der Waals surface area contributed by atoms with Gasteiger partial charge in [-0.3, -0.25) is 0 Å². The topological polar surface area (TPSA) is 35.2 Å². The molecule has 1 fully saturated rings.